The van der Waals surface area contributed by atoms with E-state index in [2.05, 4.69) is 88.2 Å². The molecule has 0 saturated carbocycles. The van der Waals surface area contributed by atoms with Crippen molar-refractivity contribution in [2.24, 2.45) is 27.9 Å². The zero-order chi connectivity index (χ0) is 61.2. The molecule has 14 nitrogen and oxygen atoms in total. The Morgan fingerprint density at radius 2 is 1.08 bits per heavy atom. The maximum atomic E-state index is 14.2. The number of hydrazine groups is 1. The number of ketones is 2. The third-order valence-corrected chi connectivity index (χ3v) is 19.4. The van der Waals surface area contributed by atoms with Crippen LogP contribution in [-0.2, 0) is 49.7 Å². The van der Waals surface area contributed by atoms with E-state index < -0.39 is 12.1 Å². The molecule has 2 unspecified atom stereocenters. The zero-order valence-electron chi connectivity index (χ0n) is 49.9. The van der Waals surface area contributed by atoms with Crippen LogP contribution in [0.1, 0.15) is 133 Å². The highest BCUT2D eigenvalue weighted by molar-refractivity contribution is 8.13. The molecule has 0 radical (unpaired) electrons. The molecule has 8 atom stereocenters. The summed E-state index contributed by atoms with van der Waals surface area (Å²) in [5.74, 6) is 5.62. The smallest absolute Gasteiger partial charge is 0.240 e. The molecule has 0 aromatic heterocycles. The summed E-state index contributed by atoms with van der Waals surface area (Å²) >= 11 is 26.0. The number of nitrogens with zero attached hydrogens (tertiary/aromatic N) is 6. The lowest BCUT2D eigenvalue weighted by Crippen LogP contribution is -2.50. The fraction of sp³-hybridized carbons (Fsp3) is 0.515. The van der Waals surface area contributed by atoms with E-state index in [0.717, 1.165) is 93.4 Å². The summed E-state index contributed by atoms with van der Waals surface area (Å²) in [6, 6.07) is 31.4. The number of hydrogen-bond donors (Lipinski definition) is 3. The van der Waals surface area contributed by atoms with Crippen molar-refractivity contribution in [1.82, 2.24) is 25.0 Å². The molecule has 4 aromatic carbocycles. The minimum atomic E-state index is -0.515. The van der Waals surface area contributed by atoms with Gasteiger partial charge in [0.2, 0.25) is 17.7 Å². The third-order valence-electron chi connectivity index (χ3n) is 17.2. The summed E-state index contributed by atoms with van der Waals surface area (Å²) < 4.78 is 0. The van der Waals surface area contributed by atoms with Crippen LogP contribution in [0.15, 0.2) is 107 Å². The minimum absolute atomic E-state index is 0.0589. The molecule has 9 rings (SSSR count). The Bertz CT molecular complexity index is 2990. The van der Waals surface area contributed by atoms with Gasteiger partial charge in [-0.15, -0.1) is 11.8 Å². The van der Waals surface area contributed by atoms with E-state index in [1.807, 2.05) is 64.8 Å². The van der Waals surface area contributed by atoms with Crippen LogP contribution in [-0.4, -0.2) is 134 Å². The van der Waals surface area contributed by atoms with Crippen LogP contribution in [0, 0.1) is 17.2 Å². The predicted molar refractivity (Wildman–Crippen MR) is 348 cm³/mol. The van der Waals surface area contributed by atoms with Gasteiger partial charge in [-0.3, -0.25) is 44.6 Å². The number of nitrogens with two attached hydrogens (primary N) is 1. The molecule has 4 fully saturated rings. The van der Waals surface area contributed by atoms with Crippen LogP contribution in [0.5, 0.6) is 0 Å². The van der Waals surface area contributed by atoms with E-state index in [4.69, 9.17) is 51.8 Å². The first-order valence-corrected chi connectivity index (χ1v) is 32.9. The Morgan fingerprint density at radius 1 is 0.635 bits per heavy atom. The molecule has 5 aliphatic heterocycles. The molecule has 0 bridgehead atoms. The average molecular weight is 1260 g/mol. The lowest BCUT2D eigenvalue weighted by atomic mass is 9.95. The first-order chi connectivity index (χ1) is 40.8. The quantitative estimate of drug-likeness (QED) is 0.0226. The van der Waals surface area contributed by atoms with Crippen LogP contribution < -0.4 is 11.3 Å². The summed E-state index contributed by atoms with van der Waals surface area (Å²) in [6.45, 7) is 10.8. The summed E-state index contributed by atoms with van der Waals surface area (Å²) in [5.41, 5.74) is 8.43. The Balaban J connectivity index is 0.000000226. The fourth-order valence-electron chi connectivity index (χ4n) is 12.7. The lowest BCUT2D eigenvalue weighted by molar-refractivity contribution is -0.142. The molecular formula is C66H85Cl4N9O5S. The number of halogens is 4. The van der Waals surface area contributed by atoms with Crippen molar-refractivity contribution in [2.45, 2.75) is 173 Å². The zero-order valence-corrected chi connectivity index (χ0v) is 53.8. The number of nitrogens with one attached hydrogen (secondary N) is 2. The molecule has 0 spiro atoms. The summed E-state index contributed by atoms with van der Waals surface area (Å²) in [4.78, 5) is 74.1. The first kappa shape index (κ1) is 67.5. The van der Waals surface area contributed by atoms with Crippen molar-refractivity contribution in [3.05, 3.63) is 139 Å². The highest BCUT2D eigenvalue weighted by Gasteiger charge is 2.47. The van der Waals surface area contributed by atoms with Crippen LogP contribution in [0.4, 0.5) is 0 Å². The predicted octanol–water partition coefficient (Wildman–Crippen LogP) is 12.7. The number of hydrogen-bond acceptors (Lipinski definition) is 12. The van der Waals surface area contributed by atoms with Crippen LogP contribution in [0.2, 0.25) is 20.1 Å². The van der Waals surface area contributed by atoms with Crippen molar-refractivity contribution in [3.63, 3.8) is 0 Å². The number of carbonyl (C=O) groups is 5. The Kier molecular flexibility index (Phi) is 26.5. The number of amides is 3. The molecule has 5 aliphatic rings. The normalized spacial score (nSPS) is 22.1. The SMILES string of the molecule is CC(=O)NN.CC1=NN=C(CC[C@H](C(=O)CCc2ccc(Cl)c(Cl)c2)N2CCC(CCc3ccccc3)N3C[C@H](C)C[C@H]3C2=O)C1.CSC(=N)CC[C@H](C(=O)CCc1ccc(Cl)c(Cl)c1)N1CCC(CCc2ccccc2)N2C[C@H](C)C[C@H]2C1=O. The summed E-state index contributed by atoms with van der Waals surface area (Å²) in [6.07, 6.45) is 14.0. The number of Topliss-reactive ketones (excluding diaryl/α,β-unsaturated/α-hetero) is 2. The van der Waals surface area contributed by atoms with Crippen molar-refractivity contribution in [2.75, 3.05) is 32.4 Å². The first-order valence-electron chi connectivity index (χ1n) is 30.1. The van der Waals surface area contributed by atoms with Crippen molar-refractivity contribution in [3.8, 4) is 0 Å². The third kappa shape index (κ3) is 19.8. The minimum Gasteiger partial charge on any atom is -0.331 e. The van der Waals surface area contributed by atoms with Crippen LogP contribution in [0.3, 0.4) is 0 Å². The number of fused-ring (bicyclic) bond motifs is 2. The second-order valence-corrected chi connectivity index (χ2v) is 26.2. The van der Waals surface area contributed by atoms with E-state index in [9.17, 15) is 24.0 Å². The topological polar surface area (TPSA) is 185 Å². The number of benzene rings is 4. The van der Waals surface area contributed by atoms with Gasteiger partial charge in [0.1, 0.15) is 0 Å². The van der Waals surface area contributed by atoms with Gasteiger partial charge in [0.25, 0.3) is 0 Å². The summed E-state index contributed by atoms with van der Waals surface area (Å²) in [7, 11) is 0. The molecule has 4 N–H and O–H groups in total. The number of rotatable bonds is 22. The van der Waals surface area contributed by atoms with Gasteiger partial charge in [-0.05, 0) is 161 Å². The van der Waals surface area contributed by atoms with Crippen LogP contribution in [0.25, 0.3) is 0 Å². The van der Waals surface area contributed by atoms with Gasteiger partial charge in [0.05, 0.1) is 49.3 Å². The monoisotopic (exact) mass is 1260 g/mol. The molecule has 85 heavy (non-hydrogen) atoms. The van der Waals surface area contributed by atoms with Crippen molar-refractivity contribution < 1.29 is 24.0 Å². The maximum Gasteiger partial charge on any atom is 0.240 e. The second kappa shape index (κ2) is 33.4. The second-order valence-electron chi connectivity index (χ2n) is 23.6. The van der Waals surface area contributed by atoms with Crippen molar-refractivity contribution >= 4 is 104 Å². The number of thioether (sulfide) groups is 1. The van der Waals surface area contributed by atoms with Crippen molar-refractivity contribution in [1.29, 1.82) is 5.41 Å². The van der Waals surface area contributed by atoms with Gasteiger partial charge in [0, 0.05) is 75.9 Å². The van der Waals surface area contributed by atoms with Gasteiger partial charge in [-0.1, -0.05) is 133 Å². The fourth-order valence-corrected chi connectivity index (χ4v) is 13.7. The molecule has 4 aromatic rings. The Labute approximate surface area is 527 Å². The van der Waals surface area contributed by atoms with E-state index >= 15 is 0 Å². The van der Waals surface area contributed by atoms with E-state index in [-0.39, 0.29) is 41.4 Å². The van der Waals surface area contributed by atoms with Gasteiger partial charge in [-0.25, -0.2) is 5.84 Å². The highest BCUT2D eigenvalue weighted by atomic mass is 35.5. The largest absolute Gasteiger partial charge is 0.331 e. The molecule has 0 aliphatic carbocycles. The lowest BCUT2D eigenvalue weighted by Gasteiger charge is -2.32. The average Bonchev–Trinajstić information content (AvgIpc) is 3.53. The van der Waals surface area contributed by atoms with Crippen LogP contribution >= 0.6 is 58.2 Å². The standard InChI is InChI=1S/C33H40Cl2N4O2.C31H39Cl2N3O2S.C2H6N2O/c1-22-18-31-33(41)38(17-16-27(39(31)21-22)12-8-24-6-4-3-5-7-24)30(14-11-26-19-23(2)36-37-26)32(40)15-10-25-9-13-28(34)29(35)20-25;1-21-18-28-31(38)35(17-16-24(36(28)20-21)11-8-22-6-4-3-5-7-22)27(13-15-30(34)39-2)29(37)14-10-23-9-12-25(32)26(33)19-23;1-2(5)4-3/h3-7,9,13,20,22,27,30-31H,8,10-12,14-19,21H2,1-2H3;3-7,9,12,19,21,24,27-28,34H,8,10-11,13-18,20H2,1-2H3;3H2,1H3,(H,4,5)/t22-,27?,30-,31+;21-,24?,27-,28+;/m11./s1. The molecule has 458 valence electrons. The van der Waals surface area contributed by atoms with E-state index in [0.29, 0.717) is 114 Å². The van der Waals surface area contributed by atoms with Gasteiger partial charge >= 0.3 is 0 Å². The molecule has 5 heterocycles. The number of aryl methyl sites for hydroxylation is 4. The van der Waals surface area contributed by atoms with E-state index in [1.165, 1.54) is 29.8 Å². The Morgan fingerprint density at radius 3 is 1.48 bits per heavy atom. The molecular weight excluding hydrogens is 1170 g/mol. The van der Waals surface area contributed by atoms with Gasteiger partial charge < -0.3 is 9.80 Å². The summed E-state index contributed by atoms with van der Waals surface area (Å²) in [5, 5.41) is 19.2. The molecule has 4 saturated heterocycles. The highest BCUT2D eigenvalue weighted by Crippen LogP contribution is 2.36. The maximum absolute atomic E-state index is 14.2. The molecule has 19 heteroatoms. The Hall–Kier alpha value is -4.97. The van der Waals surface area contributed by atoms with E-state index in [1.54, 1.807) is 12.1 Å². The van der Waals surface area contributed by atoms with Gasteiger partial charge in [0.15, 0.2) is 11.6 Å². The molecule has 3 amide bonds. The van der Waals surface area contributed by atoms with Gasteiger partial charge in [-0.2, -0.15) is 10.2 Å². The number of carbonyl (C=O) groups excluding carboxylic acids is 5.